The van der Waals surface area contributed by atoms with E-state index in [0.717, 1.165) is 17.8 Å². The Bertz CT molecular complexity index is 438. The van der Waals surface area contributed by atoms with Crippen LogP contribution < -0.4 is 10.5 Å². The van der Waals surface area contributed by atoms with Gasteiger partial charge in [0, 0.05) is 24.6 Å². The molecule has 2 heterocycles. The molecule has 0 aromatic carbocycles. The molecule has 4 nitrogen and oxygen atoms in total. The molecule has 4 heteroatoms. The van der Waals surface area contributed by atoms with Crippen molar-refractivity contribution >= 4 is 5.65 Å². The lowest BCUT2D eigenvalue weighted by Gasteiger charge is -2.11. The Hall–Kier alpha value is -1.55. The van der Waals surface area contributed by atoms with Crippen LogP contribution in [0.15, 0.2) is 30.7 Å². The van der Waals surface area contributed by atoms with E-state index >= 15 is 0 Å². The highest BCUT2D eigenvalue weighted by Gasteiger charge is 2.05. The lowest BCUT2D eigenvalue weighted by molar-refractivity contribution is 0.287. The van der Waals surface area contributed by atoms with Gasteiger partial charge in [0.2, 0.25) is 0 Å². The standard InChI is InChI=1S/C11H15N3O/c1-2-9(12)8-15-10-4-3-6-14-7-5-13-11(10)14/h3-7,9H,2,8,12H2,1H3. The average Bonchev–Trinajstić information content (AvgIpc) is 2.74. The number of nitrogens with two attached hydrogens (primary N) is 1. The summed E-state index contributed by atoms with van der Waals surface area (Å²) < 4.78 is 7.55. The van der Waals surface area contributed by atoms with Crippen LogP contribution in [0, 0.1) is 0 Å². The largest absolute Gasteiger partial charge is 0.488 e. The number of aromatic nitrogens is 2. The zero-order chi connectivity index (χ0) is 10.7. The molecule has 0 spiro atoms. The molecule has 0 fully saturated rings. The number of nitrogens with zero attached hydrogens (tertiary/aromatic N) is 2. The minimum absolute atomic E-state index is 0.0835. The minimum Gasteiger partial charge on any atom is -0.488 e. The second-order valence-electron chi connectivity index (χ2n) is 3.51. The van der Waals surface area contributed by atoms with Crippen LogP contribution in [0.4, 0.5) is 0 Å². The monoisotopic (exact) mass is 205 g/mol. The summed E-state index contributed by atoms with van der Waals surface area (Å²) in [6, 6.07) is 3.92. The fourth-order valence-electron chi connectivity index (χ4n) is 1.35. The van der Waals surface area contributed by atoms with Gasteiger partial charge in [0.15, 0.2) is 11.4 Å². The van der Waals surface area contributed by atoms with E-state index in [4.69, 9.17) is 10.5 Å². The quantitative estimate of drug-likeness (QED) is 0.822. The van der Waals surface area contributed by atoms with E-state index in [1.807, 2.05) is 35.9 Å². The maximum atomic E-state index is 5.79. The van der Waals surface area contributed by atoms with Crippen molar-refractivity contribution in [2.75, 3.05) is 6.61 Å². The Balaban J connectivity index is 2.17. The first-order valence-electron chi connectivity index (χ1n) is 5.11. The van der Waals surface area contributed by atoms with Gasteiger partial charge < -0.3 is 14.9 Å². The minimum atomic E-state index is 0.0835. The molecule has 2 N–H and O–H groups in total. The molecule has 0 aliphatic rings. The SMILES string of the molecule is CCC(N)COc1cccn2ccnc12. The highest BCUT2D eigenvalue weighted by molar-refractivity contribution is 5.53. The third-order valence-electron chi connectivity index (χ3n) is 2.36. The molecular weight excluding hydrogens is 190 g/mol. The highest BCUT2D eigenvalue weighted by Crippen LogP contribution is 2.17. The van der Waals surface area contributed by atoms with Gasteiger partial charge in [0.25, 0.3) is 0 Å². The molecule has 2 aromatic rings. The molecule has 0 aliphatic carbocycles. The van der Waals surface area contributed by atoms with Crippen LogP contribution in [-0.2, 0) is 0 Å². The number of hydrogen-bond acceptors (Lipinski definition) is 3. The summed E-state index contributed by atoms with van der Waals surface area (Å²) in [6.45, 7) is 2.58. The number of fused-ring (bicyclic) bond motifs is 1. The molecule has 1 unspecified atom stereocenters. The number of rotatable bonds is 4. The number of hydrogen-bond donors (Lipinski definition) is 1. The van der Waals surface area contributed by atoms with Crippen molar-refractivity contribution in [3.63, 3.8) is 0 Å². The first kappa shape index (κ1) is 9.98. The zero-order valence-electron chi connectivity index (χ0n) is 8.76. The molecule has 0 saturated carbocycles. The topological polar surface area (TPSA) is 52.5 Å². The molecule has 0 aliphatic heterocycles. The van der Waals surface area contributed by atoms with Crippen molar-refractivity contribution in [3.05, 3.63) is 30.7 Å². The van der Waals surface area contributed by atoms with Gasteiger partial charge in [-0.1, -0.05) is 6.92 Å². The molecule has 0 bridgehead atoms. The maximum absolute atomic E-state index is 5.79. The van der Waals surface area contributed by atoms with Crippen molar-refractivity contribution in [2.24, 2.45) is 5.73 Å². The highest BCUT2D eigenvalue weighted by atomic mass is 16.5. The van der Waals surface area contributed by atoms with Gasteiger partial charge in [-0.15, -0.1) is 0 Å². The van der Waals surface area contributed by atoms with Crippen LogP contribution in [0.5, 0.6) is 5.75 Å². The van der Waals surface area contributed by atoms with Gasteiger partial charge in [-0.25, -0.2) is 4.98 Å². The summed E-state index contributed by atoms with van der Waals surface area (Å²) in [5.74, 6) is 0.784. The summed E-state index contributed by atoms with van der Waals surface area (Å²) in [6.07, 6.45) is 6.50. The molecule has 15 heavy (non-hydrogen) atoms. The predicted octanol–water partition coefficient (Wildman–Crippen LogP) is 1.45. The predicted molar refractivity (Wildman–Crippen MR) is 59.0 cm³/mol. The Morgan fingerprint density at radius 1 is 1.53 bits per heavy atom. The molecule has 2 rings (SSSR count). The smallest absolute Gasteiger partial charge is 0.179 e. The van der Waals surface area contributed by atoms with Crippen molar-refractivity contribution < 1.29 is 4.74 Å². The van der Waals surface area contributed by atoms with E-state index in [1.165, 1.54) is 0 Å². The van der Waals surface area contributed by atoms with Crippen LogP contribution in [0.1, 0.15) is 13.3 Å². The first-order valence-corrected chi connectivity index (χ1v) is 5.11. The lowest BCUT2D eigenvalue weighted by atomic mass is 10.3. The maximum Gasteiger partial charge on any atom is 0.179 e. The number of ether oxygens (including phenoxy) is 1. The van der Waals surface area contributed by atoms with Gasteiger partial charge in [-0.05, 0) is 18.6 Å². The third-order valence-corrected chi connectivity index (χ3v) is 2.36. The fraction of sp³-hybridized carbons (Fsp3) is 0.364. The van der Waals surface area contributed by atoms with Gasteiger partial charge in [-0.2, -0.15) is 0 Å². The molecule has 0 amide bonds. The average molecular weight is 205 g/mol. The summed E-state index contributed by atoms with van der Waals surface area (Å²) in [7, 11) is 0. The van der Waals surface area contributed by atoms with Crippen molar-refractivity contribution in [1.29, 1.82) is 0 Å². The molecule has 2 aromatic heterocycles. The van der Waals surface area contributed by atoms with Crippen molar-refractivity contribution in [2.45, 2.75) is 19.4 Å². The van der Waals surface area contributed by atoms with E-state index in [1.54, 1.807) is 6.20 Å². The van der Waals surface area contributed by atoms with Crippen molar-refractivity contribution in [3.8, 4) is 5.75 Å². The summed E-state index contributed by atoms with van der Waals surface area (Å²) in [4.78, 5) is 4.22. The van der Waals surface area contributed by atoms with E-state index < -0.39 is 0 Å². The first-order chi connectivity index (χ1) is 7.31. The Morgan fingerprint density at radius 3 is 3.20 bits per heavy atom. The van der Waals surface area contributed by atoms with Crippen LogP contribution >= 0.6 is 0 Å². The number of imidazole rings is 1. The van der Waals surface area contributed by atoms with Gasteiger partial charge in [-0.3, -0.25) is 0 Å². The van der Waals surface area contributed by atoms with Crippen LogP contribution in [0.3, 0.4) is 0 Å². The molecule has 1 atom stereocenters. The van der Waals surface area contributed by atoms with E-state index in [-0.39, 0.29) is 6.04 Å². The second kappa shape index (κ2) is 4.31. The summed E-state index contributed by atoms with van der Waals surface area (Å²) in [5, 5.41) is 0. The van der Waals surface area contributed by atoms with Gasteiger partial charge >= 0.3 is 0 Å². The second-order valence-corrected chi connectivity index (χ2v) is 3.51. The molecular formula is C11H15N3O. The fourth-order valence-corrected chi connectivity index (χ4v) is 1.35. The Labute approximate surface area is 88.7 Å². The Kier molecular flexibility index (Phi) is 2.87. The normalized spacial score (nSPS) is 12.9. The Morgan fingerprint density at radius 2 is 2.40 bits per heavy atom. The van der Waals surface area contributed by atoms with Crippen LogP contribution in [-0.4, -0.2) is 22.0 Å². The van der Waals surface area contributed by atoms with Crippen molar-refractivity contribution in [1.82, 2.24) is 9.38 Å². The lowest BCUT2D eigenvalue weighted by Crippen LogP contribution is -2.26. The van der Waals surface area contributed by atoms with Crippen LogP contribution in [0.2, 0.25) is 0 Å². The van der Waals surface area contributed by atoms with E-state index in [9.17, 15) is 0 Å². The number of pyridine rings is 1. The summed E-state index contributed by atoms with van der Waals surface area (Å²) in [5.41, 5.74) is 6.62. The molecule has 80 valence electrons. The summed E-state index contributed by atoms with van der Waals surface area (Å²) >= 11 is 0. The molecule has 0 radical (unpaired) electrons. The molecule has 0 saturated heterocycles. The zero-order valence-corrected chi connectivity index (χ0v) is 8.76. The van der Waals surface area contributed by atoms with Crippen LogP contribution in [0.25, 0.3) is 5.65 Å². The van der Waals surface area contributed by atoms with Gasteiger partial charge in [0.1, 0.15) is 6.61 Å². The van der Waals surface area contributed by atoms with E-state index in [2.05, 4.69) is 4.98 Å². The third kappa shape index (κ3) is 2.10. The van der Waals surface area contributed by atoms with Gasteiger partial charge in [0.05, 0.1) is 0 Å². The van der Waals surface area contributed by atoms with E-state index in [0.29, 0.717) is 6.61 Å².